The summed E-state index contributed by atoms with van der Waals surface area (Å²) >= 11 is 0. The fourth-order valence-electron chi connectivity index (χ4n) is 4.89. The number of nitrogens with zero attached hydrogens (tertiary/aromatic N) is 5. The summed E-state index contributed by atoms with van der Waals surface area (Å²) in [5.74, 6) is 0.204. The minimum atomic E-state index is -0.471. The molecule has 10 heteroatoms. The summed E-state index contributed by atoms with van der Waals surface area (Å²) in [6, 6.07) is 4.91. The molecule has 5 rings (SSSR count). The van der Waals surface area contributed by atoms with E-state index >= 15 is 4.39 Å². The molecule has 2 aromatic heterocycles. The van der Waals surface area contributed by atoms with E-state index in [1.165, 1.54) is 6.07 Å². The second-order valence-corrected chi connectivity index (χ2v) is 10.9. The molecule has 2 fully saturated rings. The fraction of sp³-hybridized carbons (Fsp3) is 0.519. The average molecular weight is 511 g/mol. The summed E-state index contributed by atoms with van der Waals surface area (Å²) in [4.78, 5) is 21.7. The van der Waals surface area contributed by atoms with Crippen LogP contribution in [0.15, 0.2) is 24.4 Å². The number of rotatable bonds is 3. The van der Waals surface area contributed by atoms with E-state index in [9.17, 15) is 4.79 Å². The molecule has 2 saturated heterocycles. The van der Waals surface area contributed by atoms with Gasteiger partial charge in [-0.15, -0.1) is 0 Å². The molecule has 0 bridgehead atoms. The Hall–Kier alpha value is -3.24. The fourth-order valence-corrected chi connectivity index (χ4v) is 4.89. The van der Waals surface area contributed by atoms with E-state index in [0.717, 1.165) is 41.1 Å². The van der Waals surface area contributed by atoms with Crippen LogP contribution in [0.2, 0.25) is 0 Å². The zero-order valence-corrected chi connectivity index (χ0v) is 22.2. The van der Waals surface area contributed by atoms with Crippen LogP contribution in [0.3, 0.4) is 0 Å². The molecule has 3 aromatic rings. The van der Waals surface area contributed by atoms with Crippen molar-refractivity contribution in [2.24, 2.45) is 5.41 Å². The molecule has 4 heterocycles. The number of anilines is 2. The highest BCUT2D eigenvalue weighted by Gasteiger charge is 2.33. The van der Waals surface area contributed by atoms with E-state index in [1.807, 2.05) is 20.0 Å². The number of hydrogen-bond acceptors (Lipinski definition) is 6. The largest absolute Gasteiger partial charge is 0.378 e. The number of benzene rings is 1. The van der Waals surface area contributed by atoms with Crippen molar-refractivity contribution in [3.05, 3.63) is 41.6 Å². The van der Waals surface area contributed by atoms with Gasteiger partial charge in [0.05, 0.1) is 37.3 Å². The first-order valence-corrected chi connectivity index (χ1v) is 12.8. The van der Waals surface area contributed by atoms with Gasteiger partial charge in [-0.25, -0.2) is 18.7 Å². The number of aromatic nitrogens is 3. The molecule has 0 aliphatic carbocycles. The van der Waals surface area contributed by atoms with Gasteiger partial charge in [-0.1, -0.05) is 20.8 Å². The van der Waals surface area contributed by atoms with Crippen LogP contribution in [-0.4, -0.2) is 77.6 Å². The van der Waals surface area contributed by atoms with Gasteiger partial charge in [-0.3, -0.25) is 0 Å². The molecule has 0 unspecified atom stereocenters. The molecular weight excluding hydrogens is 475 g/mol. The Bertz CT molecular complexity index is 1310. The first-order chi connectivity index (χ1) is 17.6. The van der Waals surface area contributed by atoms with E-state index in [0.29, 0.717) is 38.7 Å². The van der Waals surface area contributed by atoms with Gasteiger partial charge in [0.25, 0.3) is 0 Å². The Morgan fingerprint density at radius 1 is 1.11 bits per heavy atom. The summed E-state index contributed by atoms with van der Waals surface area (Å²) < 4.78 is 28.2. The van der Waals surface area contributed by atoms with Crippen LogP contribution in [0, 0.1) is 25.1 Å². The maximum absolute atomic E-state index is 15.1. The normalized spacial score (nSPS) is 18.9. The maximum Gasteiger partial charge on any atom is 0.322 e. The molecule has 9 nitrogen and oxygen atoms in total. The lowest BCUT2D eigenvalue weighted by Crippen LogP contribution is -2.51. The Labute approximate surface area is 216 Å². The molecular formula is C27H35FN6O3. The molecule has 2 aliphatic heterocycles. The van der Waals surface area contributed by atoms with Crippen molar-refractivity contribution in [1.29, 1.82) is 0 Å². The third-order valence-electron chi connectivity index (χ3n) is 7.06. The number of carbonyl (C=O) groups is 1. The van der Waals surface area contributed by atoms with Crippen LogP contribution >= 0.6 is 0 Å². The van der Waals surface area contributed by atoms with Crippen molar-refractivity contribution in [2.75, 3.05) is 56.2 Å². The summed E-state index contributed by atoms with van der Waals surface area (Å²) in [6.45, 7) is 14.2. The standard InChI is InChI=1S/C27H35FN6O3/c1-17-12-21(28)22(30-26(35)33-8-11-37-24(16-33)27(3,4)5)14-20(17)19-13-23(32-6-9-36-10-7-32)25-29-18(2)31-34(25)15-19/h12-15,24H,6-11,16H2,1-5H3,(H,30,35)/t24-/m1/s1. The van der Waals surface area contributed by atoms with Crippen molar-refractivity contribution in [2.45, 2.75) is 40.7 Å². The van der Waals surface area contributed by atoms with Gasteiger partial charge < -0.3 is 24.6 Å². The number of hydrogen-bond donors (Lipinski definition) is 1. The second kappa shape index (κ2) is 9.90. The smallest absolute Gasteiger partial charge is 0.322 e. The van der Waals surface area contributed by atoms with E-state index in [1.54, 1.807) is 15.5 Å². The lowest BCUT2D eigenvalue weighted by molar-refractivity contribution is -0.0664. The molecule has 2 aliphatic rings. The average Bonchev–Trinajstić information content (AvgIpc) is 3.25. The van der Waals surface area contributed by atoms with Gasteiger partial charge in [0.1, 0.15) is 11.6 Å². The number of ether oxygens (including phenoxy) is 2. The SMILES string of the molecule is Cc1nc2c(N3CCOCC3)cc(-c3cc(NC(=O)N4CCO[C@@H](C(C)(C)C)C4)c(F)cc3C)cn2n1. The minimum absolute atomic E-state index is 0.0816. The van der Waals surface area contributed by atoms with E-state index < -0.39 is 5.82 Å². The van der Waals surface area contributed by atoms with Crippen molar-refractivity contribution >= 4 is 23.1 Å². The monoisotopic (exact) mass is 510 g/mol. The van der Waals surface area contributed by atoms with Crippen LogP contribution < -0.4 is 10.2 Å². The van der Waals surface area contributed by atoms with Crippen LogP contribution in [0.5, 0.6) is 0 Å². The Morgan fingerprint density at radius 3 is 2.59 bits per heavy atom. The molecule has 1 aromatic carbocycles. The topological polar surface area (TPSA) is 84.2 Å². The van der Waals surface area contributed by atoms with Crippen molar-refractivity contribution in [1.82, 2.24) is 19.5 Å². The second-order valence-electron chi connectivity index (χ2n) is 10.9. The number of amides is 2. The van der Waals surface area contributed by atoms with Crippen molar-refractivity contribution < 1.29 is 18.7 Å². The van der Waals surface area contributed by atoms with Gasteiger partial charge in [-0.2, -0.15) is 5.10 Å². The predicted molar refractivity (Wildman–Crippen MR) is 141 cm³/mol. The predicted octanol–water partition coefficient (Wildman–Crippen LogP) is 4.27. The third-order valence-corrected chi connectivity index (χ3v) is 7.06. The van der Waals surface area contributed by atoms with Gasteiger partial charge in [0.15, 0.2) is 5.65 Å². The zero-order valence-electron chi connectivity index (χ0n) is 22.2. The number of morpholine rings is 2. The van der Waals surface area contributed by atoms with Crippen molar-refractivity contribution in [3.63, 3.8) is 0 Å². The highest BCUT2D eigenvalue weighted by atomic mass is 19.1. The molecule has 0 radical (unpaired) electrons. The van der Waals surface area contributed by atoms with E-state index in [-0.39, 0.29) is 23.2 Å². The van der Waals surface area contributed by atoms with Gasteiger partial charge in [0.2, 0.25) is 0 Å². The van der Waals surface area contributed by atoms with Gasteiger partial charge >= 0.3 is 6.03 Å². The first-order valence-electron chi connectivity index (χ1n) is 12.8. The number of carbonyl (C=O) groups excluding carboxylic acids is 1. The van der Waals surface area contributed by atoms with Gasteiger partial charge in [0, 0.05) is 37.9 Å². The first kappa shape index (κ1) is 25.4. The summed E-state index contributed by atoms with van der Waals surface area (Å²) in [5, 5.41) is 7.35. The number of fused-ring (bicyclic) bond motifs is 1. The number of urea groups is 1. The van der Waals surface area contributed by atoms with E-state index in [4.69, 9.17) is 9.47 Å². The molecule has 1 atom stereocenters. The molecule has 198 valence electrons. The maximum atomic E-state index is 15.1. The highest BCUT2D eigenvalue weighted by molar-refractivity contribution is 5.91. The summed E-state index contributed by atoms with van der Waals surface area (Å²) in [5.41, 5.74) is 4.22. The van der Waals surface area contributed by atoms with Crippen LogP contribution in [0.25, 0.3) is 16.8 Å². The Morgan fingerprint density at radius 2 is 1.86 bits per heavy atom. The number of pyridine rings is 1. The van der Waals surface area contributed by atoms with Crippen molar-refractivity contribution in [3.8, 4) is 11.1 Å². The minimum Gasteiger partial charge on any atom is -0.378 e. The quantitative estimate of drug-likeness (QED) is 0.567. The van der Waals surface area contributed by atoms with Crippen LogP contribution in [0.1, 0.15) is 32.2 Å². The number of aryl methyl sites for hydroxylation is 2. The van der Waals surface area contributed by atoms with E-state index in [2.05, 4.69) is 47.1 Å². The zero-order chi connectivity index (χ0) is 26.3. The number of nitrogens with one attached hydrogen (secondary N) is 1. The third kappa shape index (κ3) is 5.26. The lowest BCUT2D eigenvalue weighted by atomic mass is 9.88. The van der Waals surface area contributed by atoms with Crippen LogP contribution in [0.4, 0.5) is 20.6 Å². The van der Waals surface area contributed by atoms with Gasteiger partial charge in [-0.05, 0) is 48.6 Å². The molecule has 1 N–H and O–H groups in total. The summed E-state index contributed by atoms with van der Waals surface area (Å²) in [7, 11) is 0. The molecule has 37 heavy (non-hydrogen) atoms. The number of halogens is 1. The highest BCUT2D eigenvalue weighted by Crippen LogP contribution is 2.34. The summed E-state index contributed by atoms with van der Waals surface area (Å²) in [6.07, 6.45) is 1.82. The molecule has 2 amide bonds. The lowest BCUT2D eigenvalue weighted by Gasteiger charge is -2.39. The Kier molecular flexibility index (Phi) is 6.80. The molecule has 0 saturated carbocycles. The Balaban J connectivity index is 1.47. The van der Waals surface area contributed by atoms with Crippen LogP contribution in [-0.2, 0) is 9.47 Å². The molecule has 0 spiro atoms.